The van der Waals surface area contributed by atoms with Crippen LogP contribution in [0, 0.1) is 0 Å². The van der Waals surface area contributed by atoms with Crippen molar-refractivity contribution in [3.8, 4) is 0 Å². The lowest BCUT2D eigenvalue weighted by Gasteiger charge is -2.38. The van der Waals surface area contributed by atoms with E-state index in [1.807, 2.05) is 0 Å². The highest BCUT2D eigenvalue weighted by Gasteiger charge is 2.47. The third kappa shape index (κ3) is 3.51. The standard InChI is InChI=1S/C15H12ClF3N4O2/c16-12-6-13(25)22-5-3-11(15(17,18)19)23(14(22)21-12)8-10(24)9-2-1-4-20-7-9/h1-2,4,6-7,11H,3,5,8H2. The second kappa shape index (κ2) is 6.47. The maximum Gasteiger partial charge on any atom is 0.408 e. The van der Waals surface area contributed by atoms with Crippen LogP contribution in [0.25, 0.3) is 0 Å². The molecule has 132 valence electrons. The highest BCUT2D eigenvalue weighted by Crippen LogP contribution is 2.33. The molecule has 1 aliphatic heterocycles. The van der Waals surface area contributed by atoms with Gasteiger partial charge in [-0.05, 0) is 18.6 Å². The number of rotatable bonds is 3. The molecule has 0 radical (unpaired) electrons. The number of Topliss-reactive ketones (excluding diaryl/α,β-unsaturated/α-hetero) is 1. The molecule has 2 aromatic heterocycles. The Balaban J connectivity index is 2.03. The van der Waals surface area contributed by atoms with Gasteiger partial charge in [-0.25, -0.2) is 4.98 Å². The van der Waals surface area contributed by atoms with Crippen LogP contribution in [0.2, 0.25) is 5.15 Å². The van der Waals surface area contributed by atoms with Crippen LogP contribution in [0.1, 0.15) is 16.8 Å². The van der Waals surface area contributed by atoms with Crippen LogP contribution in [-0.4, -0.2) is 39.1 Å². The minimum Gasteiger partial charge on any atom is -0.322 e. The Bertz CT molecular complexity index is 854. The van der Waals surface area contributed by atoms with Gasteiger partial charge in [0.1, 0.15) is 11.2 Å². The van der Waals surface area contributed by atoms with Crippen LogP contribution in [0.5, 0.6) is 0 Å². The number of pyridine rings is 1. The van der Waals surface area contributed by atoms with Gasteiger partial charge >= 0.3 is 6.18 Å². The zero-order valence-corrected chi connectivity index (χ0v) is 13.5. The number of nitrogens with zero attached hydrogens (tertiary/aromatic N) is 4. The number of hydrogen-bond donors (Lipinski definition) is 0. The van der Waals surface area contributed by atoms with Crippen LogP contribution in [0.3, 0.4) is 0 Å². The lowest BCUT2D eigenvalue weighted by Crippen LogP contribution is -2.54. The Hall–Kier alpha value is -2.42. The van der Waals surface area contributed by atoms with Gasteiger partial charge in [-0.2, -0.15) is 13.2 Å². The fourth-order valence-electron chi connectivity index (χ4n) is 2.74. The summed E-state index contributed by atoms with van der Waals surface area (Å²) in [5.41, 5.74) is -0.389. The molecule has 1 unspecified atom stereocenters. The molecular formula is C15H12ClF3N4O2. The fraction of sp³-hybridized carbons (Fsp3) is 0.333. The molecular weight excluding hydrogens is 361 g/mol. The van der Waals surface area contributed by atoms with Crippen LogP contribution in [-0.2, 0) is 6.54 Å². The summed E-state index contributed by atoms with van der Waals surface area (Å²) < 4.78 is 41.4. The number of anilines is 1. The molecule has 0 N–H and O–H groups in total. The van der Waals surface area contributed by atoms with Crippen molar-refractivity contribution in [3.05, 3.63) is 51.7 Å². The van der Waals surface area contributed by atoms with Crippen molar-refractivity contribution in [2.75, 3.05) is 11.4 Å². The Morgan fingerprint density at radius 3 is 2.80 bits per heavy atom. The van der Waals surface area contributed by atoms with Gasteiger partial charge in [0.05, 0.1) is 6.54 Å². The summed E-state index contributed by atoms with van der Waals surface area (Å²) in [5.74, 6) is -0.826. The molecule has 0 bridgehead atoms. The molecule has 10 heteroatoms. The zero-order chi connectivity index (χ0) is 18.2. The molecule has 0 amide bonds. The van der Waals surface area contributed by atoms with Crippen LogP contribution < -0.4 is 10.5 Å². The van der Waals surface area contributed by atoms with E-state index in [9.17, 15) is 22.8 Å². The molecule has 0 aromatic carbocycles. The van der Waals surface area contributed by atoms with Gasteiger partial charge < -0.3 is 4.90 Å². The molecule has 0 saturated carbocycles. The molecule has 6 nitrogen and oxygen atoms in total. The summed E-state index contributed by atoms with van der Waals surface area (Å²) in [5, 5.41) is -0.224. The number of fused-ring (bicyclic) bond motifs is 1. The molecule has 25 heavy (non-hydrogen) atoms. The van der Waals surface area contributed by atoms with Crippen molar-refractivity contribution in [2.45, 2.75) is 25.2 Å². The van der Waals surface area contributed by atoms with Gasteiger partial charge in [-0.15, -0.1) is 0 Å². The first-order valence-corrected chi connectivity index (χ1v) is 7.69. The first-order valence-electron chi connectivity index (χ1n) is 7.31. The first-order chi connectivity index (χ1) is 11.8. The average molecular weight is 373 g/mol. The van der Waals surface area contributed by atoms with E-state index in [1.165, 1.54) is 24.5 Å². The molecule has 1 aliphatic rings. The van der Waals surface area contributed by atoms with Crippen molar-refractivity contribution < 1.29 is 18.0 Å². The van der Waals surface area contributed by atoms with Crippen molar-refractivity contribution >= 4 is 23.3 Å². The van der Waals surface area contributed by atoms with Crippen molar-refractivity contribution in [3.63, 3.8) is 0 Å². The minimum absolute atomic E-state index is 0.153. The van der Waals surface area contributed by atoms with E-state index in [2.05, 4.69) is 9.97 Å². The Kier molecular flexibility index (Phi) is 4.51. The van der Waals surface area contributed by atoms with Gasteiger partial charge in [0, 0.05) is 30.6 Å². The predicted octanol–water partition coefficient (Wildman–Crippen LogP) is 2.32. The Morgan fingerprint density at radius 1 is 1.40 bits per heavy atom. The minimum atomic E-state index is -4.58. The third-order valence-corrected chi connectivity index (χ3v) is 4.09. The van der Waals surface area contributed by atoms with Crippen molar-refractivity contribution in [2.24, 2.45) is 0 Å². The lowest BCUT2D eigenvalue weighted by atomic mass is 10.1. The number of ketones is 1. The normalized spacial score (nSPS) is 17.3. The summed E-state index contributed by atoms with van der Waals surface area (Å²) in [6.07, 6.45) is -2.22. The summed E-state index contributed by atoms with van der Waals surface area (Å²) in [6, 6.07) is 2.07. The first kappa shape index (κ1) is 17.4. The lowest BCUT2D eigenvalue weighted by molar-refractivity contribution is -0.152. The van der Waals surface area contributed by atoms with Gasteiger partial charge in [-0.3, -0.25) is 19.1 Å². The van der Waals surface area contributed by atoms with Crippen LogP contribution in [0.15, 0.2) is 35.4 Å². The highest BCUT2D eigenvalue weighted by molar-refractivity contribution is 6.29. The molecule has 3 rings (SSSR count). The van der Waals surface area contributed by atoms with Gasteiger partial charge in [0.2, 0.25) is 5.95 Å². The monoisotopic (exact) mass is 372 g/mol. The molecule has 1 atom stereocenters. The second-order valence-electron chi connectivity index (χ2n) is 5.51. The van der Waals surface area contributed by atoms with Crippen LogP contribution in [0.4, 0.5) is 19.1 Å². The van der Waals surface area contributed by atoms with Crippen LogP contribution >= 0.6 is 11.6 Å². The smallest absolute Gasteiger partial charge is 0.322 e. The fourth-order valence-corrected chi connectivity index (χ4v) is 2.91. The maximum absolute atomic E-state index is 13.4. The van der Waals surface area contributed by atoms with Gasteiger partial charge in [0.25, 0.3) is 5.56 Å². The predicted molar refractivity (Wildman–Crippen MR) is 83.9 cm³/mol. The highest BCUT2D eigenvalue weighted by atomic mass is 35.5. The number of carbonyl (C=O) groups is 1. The van der Waals surface area contributed by atoms with Crippen molar-refractivity contribution in [1.29, 1.82) is 0 Å². The van der Waals surface area contributed by atoms with E-state index in [0.717, 1.165) is 15.5 Å². The van der Waals surface area contributed by atoms with Gasteiger partial charge in [-0.1, -0.05) is 11.6 Å². The summed E-state index contributed by atoms with van der Waals surface area (Å²) >= 11 is 5.74. The van der Waals surface area contributed by atoms with Gasteiger partial charge in [0.15, 0.2) is 5.78 Å². The van der Waals surface area contributed by atoms with E-state index in [0.29, 0.717) is 0 Å². The summed E-state index contributed by atoms with van der Waals surface area (Å²) in [6.45, 7) is -0.747. The van der Waals surface area contributed by atoms with E-state index in [-0.39, 0.29) is 29.6 Å². The average Bonchev–Trinajstić information content (AvgIpc) is 2.55. The molecule has 3 heterocycles. The van der Waals surface area contributed by atoms with E-state index in [4.69, 9.17) is 11.6 Å². The Labute approximate surface area is 144 Å². The van der Waals surface area contributed by atoms with Crippen molar-refractivity contribution in [1.82, 2.24) is 14.5 Å². The quantitative estimate of drug-likeness (QED) is 0.611. The molecule has 0 fully saturated rings. The number of carbonyl (C=O) groups excluding carboxylic acids is 1. The maximum atomic E-state index is 13.4. The Morgan fingerprint density at radius 2 is 2.16 bits per heavy atom. The molecule has 2 aromatic rings. The second-order valence-corrected chi connectivity index (χ2v) is 5.89. The van der Waals surface area contributed by atoms with E-state index in [1.54, 1.807) is 0 Å². The number of alkyl halides is 3. The largest absolute Gasteiger partial charge is 0.408 e. The number of aromatic nitrogens is 3. The topological polar surface area (TPSA) is 68.1 Å². The molecule has 0 spiro atoms. The SMILES string of the molecule is O=C(CN1c2nc(Cl)cc(=O)n2CCC1C(F)(F)F)c1cccnc1. The number of halogens is 4. The third-order valence-electron chi connectivity index (χ3n) is 3.89. The van der Waals surface area contributed by atoms with E-state index < -0.39 is 30.1 Å². The number of hydrogen-bond acceptors (Lipinski definition) is 5. The zero-order valence-electron chi connectivity index (χ0n) is 12.7. The molecule has 0 saturated heterocycles. The van der Waals surface area contributed by atoms with E-state index >= 15 is 0 Å². The summed E-state index contributed by atoms with van der Waals surface area (Å²) in [4.78, 5) is 32.8. The summed E-state index contributed by atoms with van der Waals surface area (Å²) in [7, 11) is 0. The molecule has 0 aliphatic carbocycles.